The van der Waals surface area contributed by atoms with Crippen molar-refractivity contribution in [3.8, 4) is 5.75 Å². The normalized spacial score (nSPS) is 16.4. The highest BCUT2D eigenvalue weighted by Gasteiger charge is 2.34. The van der Waals surface area contributed by atoms with Gasteiger partial charge in [0.25, 0.3) is 5.91 Å². The van der Waals surface area contributed by atoms with Gasteiger partial charge in [-0.3, -0.25) is 9.69 Å². The van der Waals surface area contributed by atoms with Crippen molar-refractivity contribution in [2.24, 2.45) is 0 Å². The standard InChI is InChI=1S/C21H17NO2S/c1-24-17-13-11-15(12-14-17)21-22(16-7-3-2-4-8-16)20(23)18-9-5-6-10-19(18)25-21/h2-14,21H,1H3. The summed E-state index contributed by atoms with van der Waals surface area (Å²) in [6.07, 6.45) is 0. The van der Waals surface area contributed by atoms with Crippen LogP contribution in [0, 0.1) is 0 Å². The number of para-hydroxylation sites is 1. The van der Waals surface area contributed by atoms with E-state index in [-0.39, 0.29) is 11.3 Å². The lowest BCUT2D eigenvalue weighted by Crippen LogP contribution is -2.36. The molecule has 0 fully saturated rings. The number of hydrogen-bond donors (Lipinski definition) is 0. The molecule has 0 aromatic heterocycles. The van der Waals surface area contributed by atoms with Crippen LogP contribution in [0.5, 0.6) is 5.75 Å². The molecule has 1 aliphatic heterocycles. The van der Waals surface area contributed by atoms with Crippen molar-refractivity contribution < 1.29 is 9.53 Å². The third-order valence-corrected chi connectivity index (χ3v) is 5.56. The Morgan fingerprint density at radius 3 is 2.28 bits per heavy atom. The van der Waals surface area contributed by atoms with Crippen molar-refractivity contribution in [2.75, 3.05) is 12.0 Å². The summed E-state index contributed by atoms with van der Waals surface area (Å²) in [6, 6.07) is 25.5. The molecule has 1 amide bonds. The molecule has 25 heavy (non-hydrogen) atoms. The number of amides is 1. The Kier molecular flexibility index (Phi) is 4.20. The number of nitrogens with zero attached hydrogens (tertiary/aromatic N) is 1. The van der Waals surface area contributed by atoms with Gasteiger partial charge in [0.15, 0.2) is 0 Å². The molecule has 0 saturated heterocycles. The highest BCUT2D eigenvalue weighted by molar-refractivity contribution is 7.99. The van der Waals surface area contributed by atoms with Crippen LogP contribution in [0.2, 0.25) is 0 Å². The predicted molar refractivity (Wildman–Crippen MR) is 101 cm³/mol. The summed E-state index contributed by atoms with van der Waals surface area (Å²) in [4.78, 5) is 16.1. The van der Waals surface area contributed by atoms with Gasteiger partial charge >= 0.3 is 0 Å². The zero-order valence-electron chi connectivity index (χ0n) is 13.8. The van der Waals surface area contributed by atoms with Crippen LogP contribution in [0.3, 0.4) is 0 Å². The van der Waals surface area contributed by atoms with Crippen molar-refractivity contribution >= 4 is 23.4 Å². The molecular formula is C21H17NO2S. The maximum atomic E-state index is 13.2. The second-order valence-electron chi connectivity index (χ2n) is 5.75. The van der Waals surface area contributed by atoms with E-state index in [2.05, 4.69) is 0 Å². The van der Waals surface area contributed by atoms with E-state index >= 15 is 0 Å². The van der Waals surface area contributed by atoms with Crippen LogP contribution < -0.4 is 9.64 Å². The summed E-state index contributed by atoms with van der Waals surface area (Å²) in [7, 11) is 1.65. The lowest BCUT2D eigenvalue weighted by molar-refractivity contribution is 0.0979. The van der Waals surface area contributed by atoms with Gasteiger partial charge in [-0.1, -0.05) is 54.2 Å². The number of fused-ring (bicyclic) bond motifs is 1. The maximum absolute atomic E-state index is 13.2. The number of methoxy groups -OCH3 is 1. The Hall–Kier alpha value is -2.72. The average Bonchev–Trinajstić information content (AvgIpc) is 2.69. The second kappa shape index (κ2) is 6.65. The third-order valence-electron chi connectivity index (χ3n) is 4.24. The number of benzene rings is 3. The van der Waals surface area contributed by atoms with E-state index in [4.69, 9.17) is 4.74 Å². The third kappa shape index (κ3) is 2.89. The number of carbonyl (C=O) groups is 1. The van der Waals surface area contributed by atoms with Gasteiger partial charge in [-0.2, -0.15) is 0 Å². The average molecular weight is 347 g/mol. The molecule has 124 valence electrons. The molecule has 1 heterocycles. The van der Waals surface area contributed by atoms with Gasteiger partial charge in [0.1, 0.15) is 11.1 Å². The number of ether oxygens (including phenoxy) is 1. The largest absolute Gasteiger partial charge is 0.497 e. The number of anilines is 1. The van der Waals surface area contributed by atoms with E-state index < -0.39 is 0 Å². The number of rotatable bonds is 3. The number of hydrogen-bond acceptors (Lipinski definition) is 3. The molecule has 0 radical (unpaired) electrons. The Morgan fingerprint density at radius 1 is 0.880 bits per heavy atom. The van der Waals surface area contributed by atoms with Crippen LogP contribution >= 0.6 is 11.8 Å². The summed E-state index contributed by atoms with van der Waals surface area (Å²) in [5.41, 5.74) is 2.72. The topological polar surface area (TPSA) is 29.5 Å². The molecule has 4 rings (SSSR count). The molecular weight excluding hydrogens is 330 g/mol. The molecule has 4 heteroatoms. The quantitative estimate of drug-likeness (QED) is 0.656. The molecule has 0 saturated carbocycles. The van der Waals surface area contributed by atoms with E-state index in [1.165, 1.54) is 0 Å². The molecule has 0 spiro atoms. The summed E-state index contributed by atoms with van der Waals surface area (Å²) in [5.74, 6) is 0.837. The maximum Gasteiger partial charge on any atom is 0.260 e. The van der Waals surface area contributed by atoms with Gasteiger partial charge < -0.3 is 4.74 Å². The van der Waals surface area contributed by atoms with Gasteiger partial charge in [-0.15, -0.1) is 0 Å². The minimum absolute atomic E-state index is 0.0290. The van der Waals surface area contributed by atoms with Crippen molar-refractivity contribution in [3.05, 3.63) is 90.0 Å². The Labute approximate surface area is 151 Å². The van der Waals surface area contributed by atoms with Gasteiger partial charge in [0.05, 0.1) is 12.7 Å². The molecule has 3 aromatic rings. The van der Waals surface area contributed by atoms with Crippen LogP contribution in [-0.2, 0) is 0 Å². The molecule has 1 aliphatic rings. The van der Waals surface area contributed by atoms with Crippen LogP contribution in [0.15, 0.2) is 83.8 Å². The van der Waals surface area contributed by atoms with Gasteiger partial charge in [0.2, 0.25) is 0 Å². The SMILES string of the molecule is COc1ccc(C2Sc3ccccc3C(=O)N2c2ccccc2)cc1. The zero-order valence-corrected chi connectivity index (χ0v) is 14.6. The van der Waals surface area contributed by atoms with Gasteiger partial charge in [0, 0.05) is 10.6 Å². The van der Waals surface area contributed by atoms with Gasteiger partial charge in [-0.25, -0.2) is 0 Å². The van der Waals surface area contributed by atoms with E-state index in [1.807, 2.05) is 83.8 Å². The molecule has 3 nitrogen and oxygen atoms in total. The summed E-state index contributed by atoms with van der Waals surface area (Å²) in [5, 5.41) is -0.115. The lowest BCUT2D eigenvalue weighted by Gasteiger charge is -2.36. The zero-order chi connectivity index (χ0) is 17.2. The van der Waals surface area contributed by atoms with Crippen LogP contribution in [0.4, 0.5) is 5.69 Å². The molecule has 0 aliphatic carbocycles. The van der Waals surface area contributed by atoms with Crippen molar-refractivity contribution in [2.45, 2.75) is 10.3 Å². The highest BCUT2D eigenvalue weighted by atomic mass is 32.2. The molecule has 0 bridgehead atoms. The van der Waals surface area contributed by atoms with Crippen LogP contribution in [0.1, 0.15) is 21.3 Å². The first kappa shape index (κ1) is 15.8. The smallest absolute Gasteiger partial charge is 0.260 e. The fraction of sp³-hybridized carbons (Fsp3) is 0.0952. The summed E-state index contributed by atoms with van der Waals surface area (Å²) in [6.45, 7) is 0. The Morgan fingerprint density at radius 2 is 1.56 bits per heavy atom. The highest BCUT2D eigenvalue weighted by Crippen LogP contribution is 2.46. The minimum atomic E-state index is -0.115. The molecule has 1 unspecified atom stereocenters. The monoisotopic (exact) mass is 347 g/mol. The molecule has 3 aromatic carbocycles. The van der Waals surface area contributed by atoms with E-state index in [0.29, 0.717) is 0 Å². The van der Waals surface area contributed by atoms with Gasteiger partial charge in [-0.05, 0) is 42.0 Å². The van der Waals surface area contributed by atoms with E-state index in [9.17, 15) is 4.79 Å². The van der Waals surface area contributed by atoms with Crippen LogP contribution in [-0.4, -0.2) is 13.0 Å². The second-order valence-corrected chi connectivity index (χ2v) is 6.87. The molecule has 0 N–H and O–H groups in total. The van der Waals surface area contributed by atoms with E-state index in [1.54, 1.807) is 18.9 Å². The fourth-order valence-corrected chi connectivity index (χ4v) is 4.28. The van der Waals surface area contributed by atoms with Crippen LogP contribution in [0.25, 0.3) is 0 Å². The predicted octanol–water partition coefficient (Wildman–Crippen LogP) is 5.15. The first-order chi connectivity index (χ1) is 12.3. The minimum Gasteiger partial charge on any atom is -0.497 e. The number of carbonyl (C=O) groups excluding carboxylic acids is 1. The number of thioether (sulfide) groups is 1. The van der Waals surface area contributed by atoms with Crippen molar-refractivity contribution in [1.29, 1.82) is 0 Å². The molecule has 1 atom stereocenters. The Balaban J connectivity index is 1.82. The fourth-order valence-electron chi connectivity index (χ4n) is 2.98. The lowest BCUT2D eigenvalue weighted by atomic mass is 10.1. The first-order valence-corrected chi connectivity index (χ1v) is 8.94. The van der Waals surface area contributed by atoms with Crippen molar-refractivity contribution in [1.82, 2.24) is 0 Å². The Bertz CT molecular complexity index is 893. The van der Waals surface area contributed by atoms with E-state index in [0.717, 1.165) is 27.5 Å². The van der Waals surface area contributed by atoms with Crippen molar-refractivity contribution in [3.63, 3.8) is 0 Å². The summed E-state index contributed by atoms with van der Waals surface area (Å²) >= 11 is 1.69. The summed E-state index contributed by atoms with van der Waals surface area (Å²) < 4.78 is 5.26. The first-order valence-electron chi connectivity index (χ1n) is 8.06.